The summed E-state index contributed by atoms with van der Waals surface area (Å²) in [6.45, 7) is 12.1. The molecule has 2 fully saturated rings. The maximum Gasteiger partial charge on any atom is 0.225 e. The van der Waals surface area contributed by atoms with Crippen molar-refractivity contribution >= 4 is 5.91 Å². The summed E-state index contributed by atoms with van der Waals surface area (Å²) >= 11 is 0. The van der Waals surface area contributed by atoms with Crippen molar-refractivity contribution in [3.05, 3.63) is 0 Å². The molecule has 0 N–H and O–H groups in total. The molecule has 116 valence electrons. The van der Waals surface area contributed by atoms with Gasteiger partial charge in [0, 0.05) is 19.0 Å². The van der Waals surface area contributed by atoms with E-state index in [0.29, 0.717) is 11.3 Å². The van der Waals surface area contributed by atoms with Crippen LogP contribution in [0, 0.1) is 11.3 Å². The van der Waals surface area contributed by atoms with E-state index in [1.165, 1.54) is 58.2 Å². The molecule has 0 aliphatic carbocycles. The molecule has 2 rings (SSSR count). The van der Waals surface area contributed by atoms with Crippen molar-refractivity contribution in [3.63, 3.8) is 0 Å². The molecule has 0 radical (unpaired) electrons. The highest BCUT2D eigenvalue weighted by Crippen LogP contribution is 2.41. The van der Waals surface area contributed by atoms with Crippen LogP contribution >= 0.6 is 0 Å². The maximum absolute atomic E-state index is 12.1. The molecule has 3 heteroatoms. The van der Waals surface area contributed by atoms with Gasteiger partial charge in [0.15, 0.2) is 0 Å². The van der Waals surface area contributed by atoms with Crippen molar-refractivity contribution in [2.24, 2.45) is 11.3 Å². The number of nitrogens with zero attached hydrogens (tertiary/aromatic N) is 2. The normalized spacial score (nSPS) is 23.5. The minimum Gasteiger partial charge on any atom is -0.342 e. The molecule has 1 amide bonds. The summed E-state index contributed by atoms with van der Waals surface area (Å²) in [5.74, 6) is 0.500. The molecule has 0 unspecified atom stereocenters. The Kier molecular flexibility index (Phi) is 5.48. The number of piperidine rings is 2. The Bertz CT molecular complexity index is 309. The van der Waals surface area contributed by atoms with Gasteiger partial charge in [0.2, 0.25) is 5.91 Å². The Labute approximate surface area is 124 Å². The molecule has 0 bridgehead atoms. The average molecular weight is 280 g/mol. The second-order valence-corrected chi connectivity index (χ2v) is 7.18. The molecule has 0 atom stereocenters. The third kappa shape index (κ3) is 3.75. The van der Waals surface area contributed by atoms with Crippen LogP contribution < -0.4 is 0 Å². The van der Waals surface area contributed by atoms with Crippen molar-refractivity contribution in [2.45, 2.75) is 59.3 Å². The van der Waals surface area contributed by atoms with Crippen LogP contribution in [0.15, 0.2) is 0 Å². The van der Waals surface area contributed by atoms with E-state index < -0.39 is 0 Å². The summed E-state index contributed by atoms with van der Waals surface area (Å²) in [6.07, 6.45) is 7.79. The SMILES string of the molecule is CCCCN1CCC2(CC1)CCN(C(=O)C(C)C)CC2. The highest BCUT2D eigenvalue weighted by Gasteiger charge is 2.38. The number of likely N-dealkylation sites (tertiary alicyclic amines) is 2. The van der Waals surface area contributed by atoms with Gasteiger partial charge < -0.3 is 9.80 Å². The highest BCUT2D eigenvalue weighted by atomic mass is 16.2. The average Bonchev–Trinajstić information content (AvgIpc) is 2.47. The third-order valence-corrected chi connectivity index (χ3v) is 5.37. The standard InChI is InChI=1S/C17H32N2O/c1-4-5-10-18-11-6-17(7-12-18)8-13-19(14-9-17)16(20)15(2)3/h15H,4-14H2,1-3H3. The lowest BCUT2D eigenvalue weighted by atomic mass is 9.71. The fourth-order valence-corrected chi connectivity index (χ4v) is 3.70. The van der Waals surface area contributed by atoms with Crippen LogP contribution in [0.3, 0.4) is 0 Å². The summed E-state index contributed by atoms with van der Waals surface area (Å²) in [4.78, 5) is 16.8. The first-order valence-corrected chi connectivity index (χ1v) is 8.57. The van der Waals surface area contributed by atoms with E-state index in [9.17, 15) is 4.79 Å². The van der Waals surface area contributed by atoms with Gasteiger partial charge in [-0.25, -0.2) is 0 Å². The number of carbonyl (C=O) groups excluding carboxylic acids is 1. The van der Waals surface area contributed by atoms with E-state index in [-0.39, 0.29) is 5.92 Å². The fraction of sp³-hybridized carbons (Fsp3) is 0.941. The molecule has 0 aromatic rings. The number of hydrogen-bond donors (Lipinski definition) is 0. The summed E-state index contributed by atoms with van der Waals surface area (Å²) in [6, 6.07) is 0. The summed E-state index contributed by atoms with van der Waals surface area (Å²) in [5, 5.41) is 0. The second-order valence-electron chi connectivity index (χ2n) is 7.18. The van der Waals surface area contributed by atoms with Gasteiger partial charge in [-0.05, 0) is 57.2 Å². The molecule has 20 heavy (non-hydrogen) atoms. The van der Waals surface area contributed by atoms with Crippen LogP contribution in [-0.4, -0.2) is 48.4 Å². The summed E-state index contributed by atoms with van der Waals surface area (Å²) in [7, 11) is 0. The minimum atomic E-state index is 0.153. The van der Waals surface area contributed by atoms with Crippen LogP contribution in [-0.2, 0) is 4.79 Å². The van der Waals surface area contributed by atoms with Crippen molar-refractivity contribution in [1.82, 2.24) is 9.80 Å². The van der Waals surface area contributed by atoms with E-state index >= 15 is 0 Å². The van der Waals surface area contributed by atoms with Crippen LogP contribution in [0.4, 0.5) is 0 Å². The molecule has 1 spiro atoms. The van der Waals surface area contributed by atoms with Gasteiger partial charge >= 0.3 is 0 Å². The Hall–Kier alpha value is -0.570. The lowest BCUT2D eigenvalue weighted by Crippen LogP contribution is -2.49. The van der Waals surface area contributed by atoms with E-state index in [4.69, 9.17) is 0 Å². The first-order valence-electron chi connectivity index (χ1n) is 8.57. The molecule has 2 saturated heterocycles. The number of unbranched alkanes of at least 4 members (excludes halogenated alkanes) is 1. The maximum atomic E-state index is 12.1. The third-order valence-electron chi connectivity index (χ3n) is 5.37. The fourth-order valence-electron chi connectivity index (χ4n) is 3.70. The molecule has 3 nitrogen and oxygen atoms in total. The lowest BCUT2D eigenvalue weighted by Gasteiger charge is -2.47. The number of amides is 1. The Morgan fingerprint density at radius 1 is 1.05 bits per heavy atom. The lowest BCUT2D eigenvalue weighted by molar-refractivity contribution is -0.137. The Morgan fingerprint density at radius 3 is 2.10 bits per heavy atom. The highest BCUT2D eigenvalue weighted by molar-refractivity contribution is 5.78. The number of hydrogen-bond acceptors (Lipinski definition) is 2. The van der Waals surface area contributed by atoms with E-state index in [1.807, 2.05) is 13.8 Å². The van der Waals surface area contributed by atoms with Gasteiger partial charge in [-0.1, -0.05) is 27.2 Å². The number of rotatable bonds is 4. The zero-order valence-corrected chi connectivity index (χ0v) is 13.7. The zero-order valence-electron chi connectivity index (χ0n) is 13.7. The zero-order chi connectivity index (χ0) is 14.6. The summed E-state index contributed by atoms with van der Waals surface area (Å²) in [5.41, 5.74) is 0.552. The van der Waals surface area contributed by atoms with Gasteiger partial charge in [-0.3, -0.25) is 4.79 Å². The molecular formula is C17H32N2O. The van der Waals surface area contributed by atoms with Gasteiger partial charge in [-0.2, -0.15) is 0 Å². The quantitative estimate of drug-likeness (QED) is 0.790. The second kappa shape index (κ2) is 6.93. The van der Waals surface area contributed by atoms with Crippen LogP contribution in [0.2, 0.25) is 0 Å². The van der Waals surface area contributed by atoms with Gasteiger partial charge in [-0.15, -0.1) is 0 Å². The molecular weight excluding hydrogens is 248 g/mol. The van der Waals surface area contributed by atoms with Crippen LogP contribution in [0.1, 0.15) is 59.3 Å². The van der Waals surface area contributed by atoms with E-state index in [1.54, 1.807) is 0 Å². The van der Waals surface area contributed by atoms with Gasteiger partial charge in [0.25, 0.3) is 0 Å². The van der Waals surface area contributed by atoms with Crippen molar-refractivity contribution in [1.29, 1.82) is 0 Å². The van der Waals surface area contributed by atoms with E-state index in [0.717, 1.165) is 13.1 Å². The van der Waals surface area contributed by atoms with Crippen molar-refractivity contribution < 1.29 is 4.79 Å². The Morgan fingerprint density at radius 2 is 1.60 bits per heavy atom. The molecule has 2 aliphatic heterocycles. The van der Waals surface area contributed by atoms with E-state index in [2.05, 4.69) is 16.7 Å². The first kappa shape index (κ1) is 15.8. The van der Waals surface area contributed by atoms with Crippen LogP contribution in [0.5, 0.6) is 0 Å². The predicted octanol–water partition coefficient (Wildman–Crippen LogP) is 3.15. The number of carbonyl (C=O) groups is 1. The molecule has 0 saturated carbocycles. The van der Waals surface area contributed by atoms with Crippen molar-refractivity contribution in [3.8, 4) is 0 Å². The topological polar surface area (TPSA) is 23.6 Å². The first-order chi connectivity index (χ1) is 9.56. The van der Waals surface area contributed by atoms with Gasteiger partial charge in [0.05, 0.1) is 0 Å². The molecule has 0 aromatic carbocycles. The smallest absolute Gasteiger partial charge is 0.225 e. The summed E-state index contributed by atoms with van der Waals surface area (Å²) < 4.78 is 0. The largest absolute Gasteiger partial charge is 0.342 e. The monoisotopic (exact) mass is 280 g/mol. The Balaban J connectivity index is 1.78. The molecule has 2 heterocycles. The van der Waals surface area contributed by atoms with Crippen molar-refractivity contribution in [2.75, 3.05) is 32.7 Å². The minimum absolute atomic E-state index is 0.153. The van der Waals surface area contributed by atoms with Gasteiger partial charge in [0.1, 0.15) is 0 Å². The molecule has 2 aliphatic rings. The predicted molar refractivity (Wildman–Crippen MR) is 83.7 cm³/mol. The molecule has 0 aromatic heterocycles. The van der Waals surface area contributed by atoms with Crippen LogP contribution in [0.25, 0.3) is 0 Å².